The lowest BCUT2D eigenvalue weighted by molar-refractivity contribution is -0.153. The number of pyridine rings is 1. The number of amides is 1. The summed E-state index contributed by atoms with van der Waals surface area (Å²) in [5.41, 5.74) is 1.22. The molecule has 2 aromatic rings. The lowest BCUT2D eigenvalue weighted by atomic mass is 10.2. The average molecular weight is 353 g/mol. The van der Waals surface area contributed by atoms with Gasteiger partial charge in [0.2, 0.25) is 0 Å². The maximum absolute atomic E-state index is 12.1. The minimum absolute atomic E-state index is 0.0543. The third-order valence-corrected chi connectivity index (χ3v) is 3.24. The van der Waals surface area contributed by atoms with Crippen LogP contribution in [0.5, 0.6) is 5.75 Å². The largest absolute Gasteiger partial charge is 0.484 e. The normalized spacial score (nSPS) is 11.1. The van der Waals surface area contributed by atoms with Crippen LogP contribution in [0, 0.1) is 0 Å². The number of benzene rings is 1. The first kappa shape index (κ1) is 18.6. The molecule has 0 saturated heterocycles. The Labute approximate surface area is 143 Å². The number of halogens is 3. The molecule has 0 fully saturated rings. The molecule has 1 N–H and O–H groups in total. The Morgan fingerprint density at radius 2 is 1.88 bits per heavy atom. The molecule has 2 rings (SSSR count). The fourth-order valence-corrected chi connectivity index (χ4v) is 1.97. The van der Waals surface area contributed by atoms with Crippen LogP contribution in [0.15, 0.2) is 42.6 Å². The van der Waals surface area contributed by atoms with E-state index in [0.29, 0.717) is 12.1 Å². The zero-order valence-corrected chi connectivity index (χ0v) is 13.8. The van der Waals surface area contributed by atoms with Crippen molar-refractivity contribution >= 4 is 11.7 Å². The van der Waals surface area contributed by atoms with Crippen molar-refractivity contribution in [3.05, 3.63) is 53.7 Å². The van der Waals surface area contributed by atoms with Crippen molar-refractivity contribution < 1.29 is 22.7 Å². The summed E-state index contributed by atoms with van der Waals surface area (Å²) in [5.74, 6) is 0.502. The molecule has 0 spiro atoms. The van der Waals surface area contributed by atoms with Gasteiger partial charge in [0.05, 0.1) is 0 Å². The first-order chi connectivity index (χ1) is 11.7. The van der Waals surface area contributed by atoms with Crippen molar-refractivity contribution in [1.82, 2.24) is 10.3 Å². The van der Waals surface area contributed by atoms with E-state index in [2.05, 4.69) is 15.0 Å². The number of aromatic nitrogens is 1. The van der Waals surface area contributed by atoms with Crippen molar-refractivity contribution in [3.8, 4) is 5.75 Å². The van der Waals surface area contributed by atoms with E-state index in [-0.39, 0.29) is 11.7 Å². The minimum atomic E-state index is -4.40. The van der Waals surface area contributed by atoms with Gasteiger partial charge in [0.1, 0.15) is 11.6 Å². The third-order valence-electron chi connectivity index (χ3n) is 3.24. The van der Waals surface area contributed by atoms with Crippen LogP contribution in [0.2, 0.25) is 0 Å². The summed E-state index contributed by atoms with van der Waals surface area (Å²) in [5, 5.41) is 2.75. The highest BCUT2D eigenvalue weighted by Crippen LogP contribution is 2.19. The third kappa shape index (κ3) is 5.98. The van der Waals surface area contributed by atoms with E-state index in [9.17, 15) is 18.0 Å². The molecule has 1 aromatic heterocycles. The highest BCUT2D eigenvalue weighted by molar-refractivity contribution is 5.94. The molecular weight excluding hydrogens is 335 g/mol. The fourth-order valence-electron chi connectivity index (χ4n) is 1.97. The molecule has 25 heavy (non-hydrogen) atoms. The maximum atomic E-state index is 12.1. The van der Waals surface area contributed by atoms with Crippen molar-refractivity contribution in [1.29, 1.82) is 0 Å². The van der Waals surface area contributed by atoms with Gasteiger partial charge < -0.3 is 15.0 Å². The van der Waals surface area contributed by atoms with Crippen LogP contribution in [0.1, 0.15) is 15.9 Å². The Morgan fingerprint density at radius 1 is 1.20 bits per heavy atom. The number of ether oxygens (including phenoxy) is 1. The quantitative estimate of drug-likeness (QED) is 0.867. The van der Waals surface area contributed by atoms with E-state index < -0.39 is 12.8 Å². The molecule has 0 saturated carbocycles. The summed E-state index contributed by atoms with van der Waals surface area (Å²) >= 11 is 0. The molecule has 0 aliphatic carbocycles. The molecular formula is C17H18F3N3O2. The van der Waals surface area contributed by atoms with Crippen LogP contribution in [0.3, 0.4) is 0 Å². The van der Waals surface area contributed by atoms with Crippen LogP contribution in [-0.4, -0.2) is 37.8 Å². The Morgan fingerprint density at radius 3 is 2.48 bits per heavy atom. The van der Waals surface area contributed by atoms with Gasteiger partial charge in [-0.15, -0.1) is 0 Å². The highest BCUT2D eigenvalue weighted by Gasteiger charge is 2.28. The summed E-state index contributed by atoms with van der Waals surface area (Å²) in [6, 6.07) is 9.14. The predicted molar refractivity (Wildman–Crippen MR) is 87.7 cm³/mol. The molecule has 1 heterocycles. The molecule has 0 radical (unpaired) electrons. The van der Waals surface area contributed by atoms with E-state index in [1.807, 2.05) is 25.1 Å². The van der Waals surface area contributed by atoms with Crippen LogP contribution < -0.4 is 15.0 Å². The van der Waals surface area contributed by atoms with Gasteiger partial charge in [-0.2, -0.15) is 13.2 Å². The molecule has 0 aliphatic rings. The zero-order chi connectivity index (χ0) is 18.4. The van der Waals surface area contributed by atoms with Gasteiger partial charge in [0.15, 0.2) is 6.61 Å². The van der Waals surface area contributed by atoms with E-state index in [1.54, 1.807) is 12.3 Å². The smallest absolute Gasteiger partial charge is 0.422 e. The Kier molecular flexibility index (Phi) is 5.84. The second kappa shape index (κ2) is 7.87. The molecule has 8 heteroatoms. The number of carbonyl (C=O) groups excluding carboxylic acids is 1. The molecule has 0 aliphatic heterocycles. The lowest BCUT2D eigenvalue weighted by Crippen LogP contribution is -2.23. The second-order valence-corrected chi connectivity index (χ2v) is 5.53. The molecule has 0 unspecified atom stereocenters. The molecule has 134 valence electrons. The van der Waals surface area contributed by atoms with Gasteiger partial charge in [0, 0.05) is 32.4 Å². The number of nitrogens with zero attached hydrogens (tertiary/aromatic N) is 2. The predicted octanol–water partition coefficient (Wildman–Crippen LogP) is 3.02. The van der Waals surface area contributed by atoms with Crippen molar-refractivity contribution in [2.75, 3.05) is 25.6 Å². The first-order valence-corrected chi connectivity index (χ1v) is 7.45. The second-order valence-electron chi connectivity index (χ2n) is 5.53. The van der Waals surface area contributed by atoms with Gasteiger partial charge >= 0.3 is 6.18 Å². The summed E-state index contributed by atoms with van der Waals surface area (Å²) in [6.07, 6.45) is -2.74. The van der Waals surface area contributed by atoms with Crippen LogP contribution in [0.4, 0.5) is 19.0 Å². The molecule has 1 aromatic carbocycles. The Bertz CT molecular complexity index is 716. The number of carbonyl (C=O) groups is 1. The standard InChI is InChI=1S/C17H18F3N3O2/c1-23(2)15-9-12(7-8-21-15)10-22-16(24)13-3-5-14(6-4-13)25-11-17(18,19)20/h3-9H,10-11H2,1-2H3,(H,22,24). The Hall–Kier alpha value is -2.77. The van der Waals surface area contributed by atoms with Crippen molar-refractivity contribution in [2.24, 2.45) is 0 Å². The zero-order valence-electron chi connectivity index (χ0n) is 13.8. The average Bonchev–Trinajstić information content (AvgIpc) is 2.58. The number of rotatable bonds is 6. The fraction of sp³-hybridized carbons (Fsp3) is 0.294. The molecule has 5 nitrogen and oxygen atoms in total. The number of nitrogens with one attached hydrogen (secondary N) is 1. The Balaban J connectivity index is 1.91. The topological polar surface area (TPSA) is 54.5 Å². The van der Waals surface area contributed by atoms with E-state index >= 15 is 0 Å². The van der Waals surface area contributed by atoms with E-state index in [1.165, 1.54) is 24.3 Å². The van der Waals surface area contributed by atoms with Gasteiger partial charge in [-0.25, -0.2) is 4.98 Å². The van der Waals surface area contributed by atoms with Gasteiger partial charge in [-0.05, 0) is 42.0 Å². The van der Waals surface area contributed by atoms with Crippen molar-refractivity contribution in [3.63, 3.8) is 0 Å². The maximum Gasteiger partial charge on any atom is 0.422 e. The summed E-state index contributed by atoms with van der Waals surface area (Å²) in [7, 11) is 3.74. The molecule has 0 bridgehead atoms. The van der Waals surface area contributed by atoms with Crippen molar-refractivity contribution in [2.45, 2.75) is 12.7 Å². The first-order valence-electron chi connectivity index (χ1n) is 7.45. The molecule has 1 amide bonds. The van der Waals surface area contributed by atoms with E-state index in [4.69, 9.17) is 0 Å². The summed E-state index contributed by atoms with van der Waals surface area (Å²) < 4.78 is 40.9. The van der Waals surface area contributed by atoms with Crippen LogP contribution in [0.25, 0.3) is 0 Å². The SMILES string of the molecule is CN(C)c1cc(CNC(=O)c2ccc(OCC(F)(F)F)cc2)ccn1. The number of hydrogen-bond acceptors (Lipinski definition) is 4. The monoisotopic (exact) mass is 353 g/mol. The van der Waals surface area contributed by atoms with Gasteiger partial charge in [0.25, 0.3) is 5.91 Å². The molecule has 0 atom stereocenters. The highest BCUT2D eigenvalue weighted by atomic mass is 19.4. The van der Waals surface area contributed by atoms with Gasteiger partial charge in [-0.3, -0.25) is 4.79 Å². The number of anilines is 1. The van der Waals surface area contributed by atoms with Gasteiger partial charge in [-0.1, -0.05) is 0 Å². The minimum Gasteiger partial charge on any atom is -0.484 e. The number of hydrogen-bond donors (Lipinski definition) is 1. The lowest BCUT2D eigenvalue weighted by Gasteiger charge is -2.12. The summed E-state index contributed by atoms with van der Waals surface area (Å²) in [6.45, 7) is -1.05. The summed E-state index contributed by atoms with van der Waals surface area (Å²) in [4.78, 5) is 18.1. The number of alkyl halides is 3. The van der Waals surface area contributed by atoms with Crippen LogP contribution >= 0.6 is 0 Å². The van der Waals surface area contributed by atoms with Crippen LogP contribution in [-0.2, 0) is 6.54 Å². The van der Waals surface area contributed by atoms with E-state index in [0.717, 1.165) is 11.4 Å².